The molecule has 2 aromatic heterocycles. The topological polar surface area (TPSA) is 81.4 Å². The monoisotopic (exact) mass is 467 g/mol. The number of rotatable bonds is 9. The summed E-state index contributed by atoms with van der Waals surface area (Å²) >= 11 is 1.14. The highest BCUT2D eigenvalue weighted by molar-refractivity contribution is 7.99. The van der Waals surface area contributed by atoms with Crippen molar-refractivity contribution in [3.8, 4) is 5.75 Å². The molecule has 2 heterocycles. The number of hydrogen-bond donors (Lipinski definition) is 1. The van der Waals surface area contributed by atoms with Crippen LogP contribution in [0.2, 0.25) is 0 Å². The summed E-state index contributed by atoms with van der Waals surface area (Å²) in [4.78, 5) is 21.1. The summed E-state index contributed by atoms with van der Waals surface area (Å²) in [7, 11) is 0. The van der Waals surface area contributed by atoms with Gasteiger partial charge in [0.05, 0.1) is 5.75 Å². The average molecular weight is 468 g/mol. The predicted octanol–water partition coefficient (Wildman–Crippen LogP) is 4.39. The number of nitrogens with one attached hydrogen (secondary N) is 1. The predicted molar refractivity (Wildman–Crippen MR) is 115 cm³/mol. The van der Waals surface area contributed by atoms with E-state index in [9.17, 15) is 18.0 Å². The largest absolute Gasteiger partial charge is 0.573 e. The number of ether oxygens (including phenoxy) is 1. The minimum Gasteiger partial charge on any atom is -0.405 e. The molecular weight excluding hydrogens is 443 g/mol. The van der Waals surface area contributed by atoms with E-state index in [0.717, 1.165) is 48.0 Å². The van der Waals surface area contributed by atoms with Gasteiger partial charge in [-0.15, -0.1) is 18.3 Å². The van der Waals surface area contributed by atoms with Crippen molar-refractivity contribution in [1.29, 1.82) is 0 Å². The normalized spacial score (nSPS) is 11.7. The molecule has 0 atom stereocenters. The summed E-state index contributed by atoms with van der Waals surface area (Å²) in [6, 6.07) is 5.68. The molecule has 32 heavy (non-hydrogen) atoms. The smallest absolute Gasteiger partial charge is 0.405 e. The average Bonchev–Trinajstić information content (AvgIpc) is 3.13. The number of amides is 1. The number of aromatic nitrogens is 4. The van der Waals surface area contributed by atoms with E-state index in [1.807, 2.05) is 13.8 Å². The number of alkyl halides is 3. The van der Waals surface area contributed by atoms with E-state index in [1.165, 1.54) is 18.2 Å². The highest BCUT2D eigenvalue weighted by atomic mass is 32.2. The van der Waals surface area contributed by atoms with Crippen LogP contribution in [0.1, 0.15) is 42.3 Å². The van der Waals surface area contributed by atoms with E-state index in [4.69, 9.17) is 0 Å². The summed E-state index contributed by atoms with van der Waals surface area (Å²) in [5, 5.41) is 7.45. The van der Waals surface area contributed by atoms with Gasteiger partial charge in [-0.2, -0.15) is 4.98 Å². The van der Waals surface area contributed by atoms with E-state index in [0.29, 0.717) is 10.9 Å². The minimum atomic E-state index is -4.80. The Morgan fingerprint density at radius 1 is 1.22 bits per heavy atom. The van der Waals surface area contributed by atoms with Crippen LogP contribution in [-0.2, 0) is 17.8 Å². The number of fused-ring (bicyclic) bond motifs is 1. The second kappa shape index (κ2) is 10.2. The fraction of sp³-hybridized carbons (Fsp3) is 0.429. The molecule has 0 radical (unpaired) electrons. The Balaban J connectivity index is 1.61. The van der Waals surface area contributed by atoms with Crippen LogP contribution >= 0.6 is 11.8 Å². The number of halogens is 3. The third-order valence-corrected chi connectivity index (χ3v) is 5.65. The molecule has 1 aromatic carbocycles. The molecule has 1 N–H and O–H groups in total. The molecule has 0 unspecified atom stereocenters. The fourth-order valence-electron chi connectivity index (χ4n) is 3.22. The van der Waals surface area contributed by atoms with E-state index in [-0.39, 0.29) is 29.5 Å². The first-order valence-electron chi connectivity index (χ1n) is 10.1. The first-order valence-corrected chi connectivity index (χ1v) is 11.1. The Morgan fingerprint density at radius 3 is 2.69 bits per heavy atom. The van der Waals surface area contributed by atoms with E-state index in [1.54, 1.807) is 10.6 Å². The molecule has 7 nitrogen and oxygen atoms in total. The number of aryl methyl sites for hydroxylation is 2. The van der Waals surface area contributed by atoms with Crippen molar-refractivity contribution >= 4 is 23.4 Å². The summed E-state index contributed by atoms with van der Waals surface area (Å²) in [5.41, 5.74) is 3.28. The molecule has 0 bridgehead atoms. The van der Waals surface area contributed by atoms with E-state index >= 15 is 0 Å². The standard InChI is InChI=1S/C21H24F3N5O2S/c1-4-5-9-16-13(2)26-19-27-20(28-29(19)14(16)3)32-12-18(30)25-11-15-8-6-7-10-17(15)31-21(22,23)24/h6-8,10H,4-5,9,11-12H2,1-3H3,(H,25,30). The molecule has 0 saturated heterocycles. The third-order valence-electron chi connectivity index (χ3n) is 4.82. The van der Waals surface area contributed by atoms with Gasteiger partial charge in [0.1, 0.15) is 5.75 Å². The molecule has 0 aliphatic heterocycles. The minimum absolute atomic E-state index is 0.0138. The maximum Gasteiger partial charge on any atom is 0.573 e. The van der Waals surface area contributed by atoms with Crippen LogP contribution in [-0.4, -0.2) is 37.6 Å². The summed E-state index contributed by atoms with van der Waals surface area (Å²) in [6.45, 7) is 5.97. The Labute approximate surface area is 187 Å². The maximum atomic E-state index is 12.5. The lowest BCUT2D eigenvalue weighted by Gasteiger charge is -2.13. The molecular formula is C21H24F3N5O2S. The van der Waals surface area contributed by atoms with Crippen LogP contribution in [0.3, 0.4) is 0 Å². The van der Waals surface area contributed by atoms with Crippen LogP contribution in [0.4, 0.5) is 13.2 Å². The van der Waals surface area contributed by atoms with Crippen LogP contribution in [0.25, 0.3) is 5.78 Å². The Bertz CT molecular complexity index is 1100. The van der Waals surface area contributed by atoms with Crippen molar-refractivity contribution in [3.05, 3.63) is 46.8 Å². The Kier molecular flexibility index (Phi) is 7.60. The van der Waals surface area contributed by atoms with Gasteiger partial charge >= 0.3 is 6.36 Å². The molecule has 0 fully saturated rings. The van der Waals surface area contributed by atoms with E-state index < -0.39 is 6.36 Å². The summed E-state index contributed by atoms with van der Waals surface area (Å²) in [5.74, 6) is -0.216. The number of benzene rings is 1. The van der Waals surface area contributed by atoms with E-state index in [2.05, 4.69) is 32.0 Å². The van der Waals surface area contributed by atoms with Gasteiger partial charge in [-0.25, -0.2) is 9.50 Å². The second-order valence-electron chi connectivity index (χ2n) is 7.19. The molecule has 0 spiro atoms. The quantitative estimate of drug-likeness (QED) is 0.470. The van der Waals surface area contributed by atoms with Crippen molar-refractivity contribution in [2.75, 3.05) is 5.75 Å². The van der Waals surface area contributed by atoms with Gasteiger partial charge in [0.2, 0.25) is 11.1 Å². The molecule has 0 aliphatic carbocycles. The lowest BCUT2D eigenvalue weighted by Crippen LogP contribution is -2.25. The van der Waals surface area contributed by atoms with Crippen molar-refractivity contribution < 1.29 is 22.7 Å². The molecule has 11 heteroatoms. The van der Waals surface area contributed by atoms with Gasteiger partial charge in [0.15, 0.2) is 0 Å². The van der Waals surface area contributed by atoms with Gasteiger partial charge in [0, 0.05) is 23.5 Å². The van der Waals surface area contributed by atoms with Gasteiger partial charge in [-0.3, -0.25) is 4.79 Å². The number of thioether (sulfide) groups is 1. The maximum absolute atomic E-state index is 12.5. The van der Waals surface area contributed by atoms with Crippen molar-refractivity contribution in [3.63, 3.8) is 0 Å². The van der Waals surface area contributed by atoms with Crippen molar-refractivity contribution in [2.45, 2.75) is 58.1 Å². The number of unbranched alkanes of at least 4 members (excludes halogenated alkanes) is 1. The van der Waals surface area contributed by atoms with Crippen LogP contribution in [0.15, 0.2) is 29.4 Å². The zero-order valence-corrected chi connectivity index (χ0v) is 18.8. The van der Waals surface area contributed by atoms with Crippen molar-refractivity contribution in [1.82, 2.24) is 24.9 Å². The lowest BCUT2D eigenvalue weighted by atomic mass is 10.1. The number of carbonyl (C=O) groups excluding carboxylic acids is 1. The van der Waals surface area contributed by atoms with Crippen LogP contribution in [0, 0.1) is 13.8 Å². The zero-order valence-electron chi connectivity index (χ0n) is 18.0. The molecule has 172 valence electrons. The number of nitrogens with zero attached hydrogens (tertiary/aromatic N) is 4. The SMILES string of the molecule is CCCCc1c(C)nc2nc(SCC(=O)NCc3ccccc3OC(F)(F)F)nn2c1C. The molecule has 0 saturated carbocycles. The van der Waals surface area contributed by atoms with Gasteiger partial charge in [-0.05, 0) is 38.3 Å². The fourth-order valence-corrected chi connectivity index (χ4v) is 3.86. The zero-order chi connectivity index (χ0) is 23.3. The number of hydrogen-bond acceptors (Lipinski definition) is 6. The Hall–Kier alpha value is -2.82. The second-order valence-corrected chi connectivity index (χ2v) is 8.13. The van der Waals surface area contributed by atoms with Gasteiger partial charge < -0.3 is 10.1 Å². The highest BCUT2D eigenvalue weighted by Gasteiger charge is 2.32. The number of carbonyl (C=O) groups is 1. The first kappa shape index (κ1) is 23.8. The molecule has 0 aliphatic rings. The van der Waals surface area contributed by atoms with Crippen LogP contribution in [0.5, 0.6) is 5.75 Å². The summed E-state index contributed by atoms with van der Waals surface area (Å²) in [6.07, 6.45) is -1.74. The number of para-hydroxylation sites is 1. The Morgan fingerprint density at radius 2 is 1.97 bits per heavy atom. The molecule has 3 rings (SSSR count). The highest BCUT2D eigenvalue weighted by Crippen LogP contribution is 2.26. The van der Waals surface area contributed by atoms with Gasteiger partial charge in [0.25, 0.3) is 5.78 Å². The molecule has 3 aromatic rings. The summed E-state index contributed by atoms with van der Waals surface area (Å²) < 4.78 is 43.2. The van der Waals surface area contributed by atoms with Crippen molar-refractivity contribution in [2.24, 2.45) is 0 Å². The van der Waals surface area contributed by atoms with Crippen LogP contribution < -0.4 is 10.1 Å². The van der Waals surface area contributed by atoms with Gasteiger partial charge in [-0.1, -0.05) is 43.3 Å². The molecule has 1 amide bonds. The third kappa shape index (κ3) is 6.12. The lowest BCUT2D eigenvalue weighted by molar-refractivity contribution is -0.274. The first-order chi connectivity index (χ1) is 15.2.